The fraction of sp³-hybridized carbons (Fsp3) is 0.154. The smallest absolute Gasteiger partial charge is 0.107 e. The van der Waals surface area contributed by atoms with E-state index in [1.807, 2.05) is 18.2 Å². The number of rotatable bonds is 5. The minimum Gasteiger partial charge on any atom is -0.389 e. The van der Waals surface area contributed by atoms with Gasteiger partial charge in [0.25, 0.3) is 0 Å². The molecule has 5 heteroatoms. The first-order chi connectivity index (χ1) is 8.68. The summed E-state index contributed by atoms with van der Waals surface area (Å²) in [5.74, 6) is 0. The average molecular weight is 341 g/mol. The third kappa shape index (κ3) is 3.31. The fourth-order valence-electron chi connectivity index (χ4n) is 1.70. The van der Waals surface area contributed by atoms with Gasteiger partial charge in [-0.05, 0) is 56.9 Å². The van der Waals surface area contributed by atoms with Gasteiger partial charge in [0.2, 0.25) is 0 Å². The molecule has 0 radical (unpaired) electrons. The molecule has 2 rings (SSSR count). The summed E-state index contributed by atoms with van der Waals surface area (Å²) in [7, 11) is 0. The molecule has 94 valence electrons. The lowest BCUT2D eigenvalue weighted by Crippen LogP contribution is -2.15. The lowest BCUT2D eigenvalue weighted by Gasteiger charge is -2.12. The molecule has 0 amide bonds. The molecule has 0 saturated carbocycles. The molecule has 0 aliphatic rings. The molecular formula is C13H13BrN2S2. The van der Waals surface area contributed by atoms with Crippen LogP contribution in [-0.4, -0.2) is 11.5 Å². The fourth-order valence-corrected chi connectivity index (χ4v) is 3.33. The Kier molecular flexibility index (Phi) is 4.74. The molecule has 1 aromatic heterocycles. The average Bonchev–Trinajstić information content (AvgIpc) is 2.81. The van der Waals surface area contributed by atoms with Gasteiger partial charge in [-0.25, -0.2) is 0 Å². The molecular weight excluding hydrogens is 328 g/mol. The minimum atomic E-state index is 0.403. The van der Waals surface area contributed by atoms with Crippen LogP contribution in [0.4, 0.5) is 5.69 Å². The van der Waals surface area contributed by atoms with Crippen LogP contribution in [0.15, 0.2) is 39.5 Å². The van der Waals surface area contributed by atoms with E-state index < -0.39 is 0 Å². The predicted octanol–water partition coefficient (Wildman–Crippen LogP) is 3.80. The van der Waals surface area contributed by atoms with Crippen molar-refractivity contribution in [2.45, 2.75) is 6.42 Å². The summed E-state index contributed by atoms with van der Waals surface area (Å²) in [6.45, 7) is 0.864. The van der Waals surface area contributed by atoms with E-state index >= 15 is 0 Å². The molecule has 0 unspecified atom stereocenters. The highest BCUT2D eigenvalue weighted by Crippen LogP contribution is 2.24. The van der Waals surface area contributed by atoms with Gasteiger partial charge in [-0.2, -0.15) is 11.3 Å². The molecule has 1 heterocycles. The van der Waals surface area contributed by atoms with Crippen LogP contribution in [0.2, 0.25) is 0 Å². The highest BCUT2D eigenvalue weighted by molar-refractivity contribution is 9.10. The van der Waals surface area contributed by atoms with E-state index in [4.69, 9.17) is 18.0 Å². The van der Waals surface area contributed by atoms with Crippen LogP contribution < -0.4 is 11.1 Å². The summed E-state index contributed by atoms with van der Waals surface area (Å²) in [5.41, 5.74) is 8.94. The zero-order valence-electron chi connectivity index (χ0n) is 9.65. The van der Waals surface area contributed by atoms with Gasteiger partial charge >= 0.3 is 0 Å². The van der Waals surface area contributed by atoms with Crippen molar-refractivity contribution in [3.8, 4) is 0 Å². The number of nitrogens with two attached hydrogens (primary N) is 1. The van der Waals surface area contributed by atoms with E-state index in [-0.39, 0.29) is 0 Å². The van der Waals surface area contributed by atoms with Crippen molar-refractivity contribution >= 4 is 50.2 Å². The molecule has 0 spiro atoms. The zero-order valence-corrected chi connectivity index (χ0v) is 12.9. The summed E-state index contributed by atoms with van der Waals surface area (Å²) in [6, 6.07) is 8.05. The predicted molar refractivity (Wildman–Crippen MR) is 86.5 cm³/mol. The van der Waals surface area contributed by atoms with Crippen molar-refractivity contribution < 1.29 is 0 Å². The van der Waals surface area contributed by atoms with Gasteiger partial charge < -0.3 is 11.1 Å². The summed E-state index contributed by atoms with van der Waals surface area (Å²) in [6.07, 6.45) is 0.993. The molecule has 0 aliphatic heterocycles. The van der Waals surface area contributed by atoms with Crippen molar-refractivity contribution in [3.05, 3.63) is 50.6 Å². The van der Waals surface area contributed by atoms with E-state index in [9.17, 15) is 0 Å². The van der Waals surface area contributed by atoms with Crippen molar-refractivity contribution in [2.75, 3.05) is 11.9 Å². The normalized spacial score (nSPS) is 10.3. The Balaban J connectivity index is 2.05. The Morgan fingerprint density at radius 3 is 2.89 bits per heavy atom. The van der Waals surface area contributed by atoms with Gasteiger partial charge in [-0.3, -0.25) is 0 Å². The van der Waals surface area contributed by atoms with Gasteiger partial charge in [0.15, 0.2) is 0 Å². The number of hydrogen-bond donors (Lipinski definition) is 2. The van der Waals surface area contributed by atoms with E-state index in [0.29, 0.717) is 4.99 Å². The molecule has 0 atom stereocenters. The third-order valence-corrected chi connectivity index (χ3v) is 4.17. The largest absolute Gasteiger partial charge is 0.389 e. The van der Waals surface area contributed by atoms with Crippen molar-refractivity contribution in [3.63, 3.8) is 0 Å². The maximum absolute atomic E-state index is 5.74. The second kappa shape index (κ2) is 6.31. The van der Waals surface area contributed by atoms with Gasteiger partial charge in [0.1, 0.15) is 4.99 Å². The number of anilines is 1. The number of thiocarbonyl (C=S) groups is 1. The monoisotopic (exact) mass is 340 g/mol. The Hall–Kier alpha value is -0.910. The second-order valence-corrected chi connectivity index (χ2v) is 5.91. The quantitative estimate of drug-likeness (QED) is 0.813. The van der Waals surface area contributed by atoms with E-state index in [1.165, 1.54) is 5.56 Å². The van der Waals surface area contributed by atoms with E-state index in [2.05, 4.69) is 38.1 Å². The van der Waals surface area contributed by atoms with Gasteiger partial charge in [-0.15, -0.1) is 0 Å². The van der Waals surface area contributed by atoms with Crippen LogP contribution in [0.1, 0.15) is 11.1 Å². The Morgan fingerprint density at radius 1 is 1.39 bits per heavy atom. The molecule has 0 saturated heterocycles. The summed E-state index contributed by atoms with van der Waals surface area (Å²) < 4.78 is 0.926. The number of hydrogen-bond acceptors (Lipinski definition) is 3. The second-order valence-electron chi connectivity index (χ2n) is 3.84. The van der Waals surface area contributed by atoms with Crippen molar-refractivity contribution in [1.82, 2.24) is 0 Å². The van der Waals surface area contributed by atoms with E-state index in [1.54, 1.807) is 11.3 Å². The standard InChI is InChI=1S/C13H13BrN2S2/c14-10-2-1-3-11(12(10)13(15)17)16-6-4-9-5-7-18-8-9/h1-3,5,7-8,16H,4,6H2,(H2,15,17). The SMILES string of the molecule is NC(=S)c1c(Br)cccc1NCCc1ccsc1. The van der Waals surface area contributed by atoms with E-state index in [0.717, 1.165) is 28.7 Å². The molecule has 1 aromatic carbocycles. The summed E-state index contributed by atoms with van der Waals surface area (Å²) in [5, 5.41) is 7.64. The summed E-state index contributed by atoms with van der Waals surface area (Å²) >= 11 is 10.3. The highest BCUT2D eigenvalue weighted by atomic mass is 79.9. The number of nitrogens with one attached hydrogen (secondary N) is 1. The first kappa shape index (κ1) is 13.5. The minimum absolute atomic E-state index is 0.403. The molecule has 2 aromatic rings. The lowest BCUT2D eigenvalue weighted by atomic mass is 10.1. The lowest BCUT2D eigenvalue weighted by molar-refractivity contribution is 1.03. The maximum atomic E-state index is 5.74. The van der Waals surface area contributed by atoms with Crippen molar-refractivity contribution in [2.24, 2.45) is 5.73 Å². The van der Waals surface area contributed by atoms with Gasteiger partial charge in [0, 0.05) is 22.3 Å². The molecule has 18 heavy (non-hydrogen) atoms. The van der Waals surface area contributed by atoms with Crippen LogP contribution in [0.3, 0.4) is 0 Å². The van der Waals surface area contributed by atoms with Gasteiger partial charge in [-0.1, -0.05) is 18.3 Å². The number of benzene rings is 1. The number of halogens is 1. The zero-order chi connectivity index (χ0) is 13.0. The molecule has 0 bridgehead atoms. The van der Waals surface area contributed by atoms with Gasteiger partial charge in [0.05, 0.1) is 0 Å². The molecule has 0 aliphatic carbocycles. The summed E-state index contributed by atoms with van der Waals surface area (Å²) in [4.78, 5) is 0.403. The molecule has 3 N–H and O–H groups in total. The van der Waals surface area contributed by atoms with Crippen LogP contribution >= 0.6 is 39.5 Å². The van der Waals surface area contributed by atoms with Crippen molar-refractivity contribution in [1.29, 1.82) is 0 Å². The third-order valence-electron chi connectivity index (χ3n) is 2.57. The Morgan fingerprint density at radius 2 is 2.22 bits per heavy atom. The van der Waals surface area contributed by atoms with Crippen LogP contribution in [-0.2, 0) is 6.42 Å². The first-order valence-electron chi connectivity index (χ1n) is 5.51. The highest BCUT2D eigenvalue weighted by Gasteiger charge is 2.08. The van der Waals surface area contributed by atoms with Crippen LogP contribution in [0.5, 0.6) is 0 Å². The molecule has 0 fully saturated rings. The maximum Gasteiger partial charge on any atom is 0.107 e. The van der Waals surface area contributed by atoms with Crippen LogP contribution in [0.25, 0.3) is 0 Å². The Bertz CT molecular complexity index is 538. The topological polar surface area (TPSA) is 38.0 Å². The number of thiophene rings is 1. The Labute approximate surface area is 124 Å². The molecule has 2 nitrogen and oxygen atoms in total. The van der Waals surface area contributed by atoms with Crippen LogP contribution in [0, 0.1) is 0 Å². The first-order valence-corrected chi connectivity index (χ1v) is 7.66.